The monoisotopic (exact) mass is 251 g/mol. The van der Waals surface area contributed by atoms with Crippen LogP contribution in [0.5, 0.6) is 5.75 Å². The predicted octanol–water partition coefficient (Wildman–Crippen LogP) is 3.76. The van der Waals surface area contributed by atoms with Gasteiger partial charge in [-0.3, -0.25) is 4.98 Å². The summed E-state index contributed by atoms with van der Waals surface area (Å²) in [5.74, 6) is -0.0427. The van der Waals surface area contributed by atoms with E-state index in [1.54, 1.807) is 12.3 Å². The van der Waals surface area contributed by atoms with Crippen LogP contribution in [0.3, 0.4) is 0 Å². The molecule has 0 unspecified atom stereocenters. The van der Waals surface area contributed by atoms with Gasteiger partial charge in [0.15, 0.2) is 0 Å². The SMILES string of the molecule is Cc1cccnc1COc1ccc(Cl)c(F)c1. The molecule has 0 aliphatic carbocycles. The van der Waals surface area contributed by atoms with E-state index in [0.29, 0.717) is 12.4 Å². The molecular weight excluding hydrogens is 241 g/mol. The Labute approximate surface area is 104 Å². The second-order valence-electron chi connectivity index (χ2n) is 3.63. The Hall–Kier alpha value is -1.61. The number of rotatable bonds is 3. The first kappa shape index (κ1) is 11.9. The van der Waals surface area contributed by atoms with E-state index in [0.717, 1.165) is 11.3 Å². The van der Waals surface area contributed by atoms with E-state index < -0.39 is 5.82 Å². The highest BCUT2D eigenvalue weighted by molar-refractivity contribution is 6.30. The number of ether oxygens (including phenoxy) is 1. The second-order valence-corrected chi connectivity index (χ2v) is 4.04. The molecule has 1 heterocycles. The van der Waals surface area contributed by atoms with Crippen molar-refractivity contribution in [1.82, 2.24) is 4.98 Å². The first-order valence-electron chi connectivity index (χ1n) is 5.15. The second kappa shape index (κ2) is 5.15. The molecular formula is C13H11ClFNO. The van der Waals surface area contributed by atoms with E-state index in [1.807, 2.05) is 19.1 Å². The smallest absolute Gasteiger partial charge is 0.145 e. The Kier molecular flexibility index (Phi) is 3.59. The summed E-state index contributed by atoms with van der Waals surface area (Å²) >= 11 is 5.58. The molecule has 0 spiro atoms. The minimum atomic E-state index is -0.484. The van der Waals surface area contributed by atoms with Gasteiger partial charge in [-0.05, 0) is 30.7 Å². The van der Waals surface area contributed by atoms with Gasteiger partial charge in [0.1, 0.15) is 18.2 Å². The average molecular weight is 252 g/mol. The van der Waals surface area contributed by atoms with Crippen molar-refractivity contribution in [3.05, 3.63) is 58.6 Å². The van der Waals surface area contributed by atoms with Crippen LogP contribution in [0, 0.1) is 12.7 Å². The van der Waals surface area contributed by atoms with Gasteiger partial charge in [0.25, 0.3) is 0 Å². The molecule has 17 heavy (non-hydrogen) atoms. The van der Waals surface area contributed by atoms with Gasteiger partial charge in [-0.2, -0.15) is 0 Å². The zero-order chi connectivity index (χ0) is 12.3. The number of pyridine rings is 1. The summed E-state index contributed by atoms with van der Waals surface area (Å²) in [6, 6.07) is 8.18. The molecule has 1 aromatic heterocycles. The lowest BCUT2D eigenvalue weighted by molar-refractivity contribution is 0.299. The first-order chi connectivity index (χ1) is 8.16. The summed E-state index contributed by atoms with van der Waals surface area (Å²) in [6.07, 6.45) is 1.70. The maximum absolute atomic E-state index is 13.2. The van der Waals surface area contributed by atoms with Crippen molar-refractivity contribution in [3.63, 3.8) is 0 Å². The molecule has 88 valence electrons. The van der Waals surface area contributed by atoms with E-state index in [9.17, 15) is 4.39 Å². The zero-order valence-corrected chi connectivity index (χ0v) is 10.0. The number of benzene rings is 1. The van der Waals surface area contributed by atoms with Crippen LogP contribution in [0.1, 0.15) is 11.3 Å². The third-order valence-corrected chi connectivity index (χ3v) is 2.69. The molecule has 0 fully saturated rings. The number of hydrogen-bond acceptors (Lipinski definition) is 2. The van der Waals surface area contributed by atoms with Gasteiger partial charge in [0.05, 0.1) is 10.7 Å². The van der Waals surface area contributed by atoms with Gasteiger partial charge in [-0.25, -0.2) is 4.39 Å². The lowest BCUT2D eigenvalue weighted by atomic mass is 10.2. The quantitative estimate of drug-likeness (QED) is 0.829. The molecule has 2 aromatic rings. The normalized spacial score (nSPS) is 10.3. The van der Waals surface area contributed by atoms with Crippen LogP contribution in [-0.2, 0) is 6.61 Å². The van der Waals surface area contributed by atoms with E-state index in [2.05, 4.69) is 4.98 Å². The van der Waals surface area contributed by atoms with Crippen molar-refractivity contribution in [1.29, 1.82) is 0 Å². The lowest BCUT2D eigenvalue weighted by Gasteiger charge is -2.07. The van der Waals surface area contributed by atoms with Crippen LogP contribution < -0.4 is 4.74 Å². The van der Waals surface area contributed by atoms with Gasteiger partial charge in [0, 0.05) is 12.3 Å². The highest BCUT2D eigenvalue weighted by atomic mass is 35.5. The summed E-state index contributed by atoms with van der Waals surface area (Å²) in [5.41, 5.74) is 1.88. The summed E-state index contributed by atoms with van der Waals surface area (Å²) in [4.78, 5) is 4.19. The summed E-state index contributed by atoms with van der Waals surface area (Å²) in [6.45, 7) is 2.27. The van der Waals surface area contributed by atoms with Crippen molar-refractivity contribution in [2.75, 3.05) is 0 Å². The minimum absolute atomic E-state index is 0.0892. The molecule has 0 radical (unpaired) electrons. The number of nitrogens with zero attached hydrogens (tertiary/aromatic N) is 1. The average Bonchev–Trinajstić information content (AvgIpc) is 2.32. The number of aromatic nitrogens is 1. The topological polar surface area (TPSA) is 22.1 Å². The molecule has 0 saturated carbocycles. The number of hydrogen-bond donors (Lipinski definition) is 0. The Morgan fingerprint density at radius 3 is 2.88 bits per heavy atom. The molecule has 1 aromatic carbocycles. The maximum Gasteiger partial charge on any atom is 0.145 e. The van der Waals surface area contributed by atoms with Gasteiger partial charge >= 0.3 is 0 Å². The summed E-state index contributed by atoms with van der Waals surface area (Å²) in [7, 11) is 0. The van der Waals surface area contributed by atoms with E-state index in [4.69, 9.17) is 16.3 Å². The zero-order valence-electron chi connectivity index (χ0n) is 9.28. The lowest BCUT2D eigenvalue weighted by Crippen LogP contribution is -2.00. The van der Waals surface area contributed by atoms with Crippen LogP contribution in [0.4, 0.5) is 4.39 Å². The Bertz CT molecular complexity index is 531. The number of halogens is 2. The van der Waals surface area contributed by atoms with Crippen LogP contribution in [-0.4, -0.2) is 4.98 Å². The molecule has 0 bridgehead atoms. The largest absolute Gasteiger partial charge is 0.487 e. The van der Waals surface area contributed by atoms with Crippen LogP contribution in [0.25, 0.3) is 0 Å². The molecule has 0 atom stereocenters. The predicted molar refractivity (Wildman–Crippen MR) is 64.7 cm³/mol. The Morgan fingerprint density at radius 1 is 1.35 bits per heavy atom. The molecule has 4 heteroatoms. The molecule has 2 nitrogen and oxygen atoms in total. The van der Waals surface area contributed by atoms with Crippen LogP contribution >= 0.6 is 11.6 Å². The van der Waals surface area contributed by atoms with Crippen molar-refractivity contribution in [2.45, 2.75) is 13.5 Å². The summed E-state index contributed by atoms with van der Waals surface area (Å²) < 4.78 is 18.6. The molecule has 0 amide bonds. The summed E-state index contributed by atoms with van der Waals surface area (Å²) in [5, 5.41) is 0.0892. The standard InChI is InChI=1S/C13H11ClFNO/c1-9-3-2-6-16-13(9)8-17-10-4-5-11(14)12(15)7-10/h2-7H,8H2,1H3. The van der Waals surface area contributed by atoms with E-state index in [-0.39, 0.29) is 5.02 Å². The van der Waals surface area contributed by atoms with Gasteiger partial charge < -0.3 is 4.74 Å². The molecule has 0 aliphatic heterocycles. The van der Waals surface area contributed by atoms with Gasteiger partial charge in [-0.1, -0.05) is 17.7 Å². The Balaban J connectivity index is 2.08. The van der Waals surface area contributed by atoms with Crippen molar-refractivity contribution >= 4 is 11.6 Å². The fourth-order valence-corrected chi connectivity index (χ4v) is 1.51. The van der Waals surface area contributed by atoms with Crippen LogP contribution in [0.2, 0.25) is 5.02 Å². The fraction of sp³-hybridized carbons (Fsp3) is 0.154. The molecule has 2 rings (SSSR count). The van der Waals surface area contributed by atoms with E-state index >= 15 is 0 Å². The highest BCUT2D eigenvalue weighted by Crippen LogP contribution is 2.21. The maximum atomic E-state index is 13.2. The van der Waals surface area contributed by atoms with Crippen molar-refractivity contribution < 1.29 is 9.13 Å². The van der Waals surface area contributed by atoms with Gasteiger partial charge in [0.2, 0.25) is 0 Å². The van der Waals surface area contributed by atoms with Crippen molar-refractivity contribution in [2.24, 2.45) is 0 Å². The van der Waals surface area contributed by atoms with Crippen LogP contribution in [0.15, 0.2) is 36.5 Å². The molecule has 0 saturated heterocycles. The van der Waals surface area contributed by atoms with Gasteiger partial charge in [-0.15, -0.1) is 0 Å². The highest BCUT2D eigenvalue weighted by Gasteiger charge is 2.03. The fourth-order valence-electron chi connectivity index (χ4n) is 1.39. The third-order valence-electron chi connectivity index (χ3n) is 2.38. The third kappa shape index (κ3) is 2.94. The molecule has 0 aliphatic rings. The molecule has 0 N–H and O–H groups in total. The minimum Gasteiger partial charge on any atom is -0.487 e. The number of aryl methyl sites for hydroxylation is 1. The van der Waals surface area contributed by atoms with Crippen molar-refractivity contribution in [3.8, 4) is 5.75 Å². The Morgan fingerprint density at radius 2 is 2.18 bits per heavy atom. The first-order valence-corrected chi connectivity index (χ1v) is 5.53. The van der Waals surface area contributed by atoms with E-state index in [1.165, 1.54) is 12.1 Å².